The highest BCUT2D eigenvalue weighted by atomic mass is 35.5. The van der Waals surface area contributed by atoms with Crippen LogP contribution in [0.3, 0.4) is 0 Å². The molecule has 88 valence electrons. The highest BCUT2D eigenvalue weighted by Gasteiger charge is 2.03. The lowest BCUT2D eigenvalue weighted by atomic mass is 10.1. The molecule has 1 aromatic rings. The largest absolute Gasteiger partial charge is 0.493 e. The van der Waals surface area contributed by atoms with Gasteiger partial charge in [-0.1, -0.05) is 18.2 Å². The third kappa shape index (κ3) is 3.43. The molecule has 1 N–H and O–H groups in total. The first-order valence-electron chi connectivity index (χ1n) is 4.85. The van der Waals surface area contributed by atoms with Gasteiger partial charge in [0.1, 0.15) is 0 Å². The molecule has 0 heterocycles. The van der Waals surface area contributed by atoms with E-state index in [1.54, 1.807) is 26.4 Å². The fourth-order valence-electron chi connectivity index (χ4n) is 1.23. The SMILES string of the molecule is COc1ccc(/C=C/[C@@H](O)CCl)cc1OC. The second-order valence-corrected chi connectivity index (χ2v) is 3.50. The van der Waals surface area contributed by atoms with Gasteiger partial charge in [0.25, 0.3) is 0 Å². The zero-order chi connectivity index (χ0) is 12.0. The Hall–Kier alpha value is -1.19. The number of halogens is 1. The Kier molecular flexibility index (Phi) is 5.15. The molecule has 0 saturated heterocycles. The van der Waals surface area contributed by atoms with Gasteiger partial charge >= 0.3 is 0 Å². The zero-order valence-electron chi connectivity index (χ0n) is 9.31. The van der Waals surface area contributed by atoms with Crippen molar-refractivity contribution >= 4 is 17.7 Å². The van der Waals surface area contributed by atoms with Gasteiger partial charge in [0.2, 0.25) is 0 Å². The first kappa shape index (κ1) is 12.9. The summed E-state index contributed by atoms with van der Waals surface area (Å²) in [4.78, 5) is 0. The van der Waals surface area contributed by atoms with Crippen molar-refractivity contribution in [1.82, 2.24) is 0 Å². The molecule has 1 rings (SSSR count). The molecule has 0 fully saturated rings. The molecule has 4 heteroatoms. The van der Waals surface area contributed by atoms with Gasteiger partial charge in [-0.05, 0) is 17.7 Å². The van der Waals surface area contributed by atoms with Gasteiger partial charge < -0.3 is 14.6 Å². The molecule has 0 amide bonds. The predicted molar refractivity (Wildman–Crippen MR) is 65.3 cm³/mol. The molecule has 0 spiro atoms. The van der Waals surface area contributed by atoms with Crippen LogP contribution in [-0.2, 0) is 0 Å². The molecule has 0 unspecified atom stereocenters. The second kappa shape index (κ2) is 6.40. The van der Waals surface area contributed by atoms with E-state index in [-0.39, 0.29) is 5.88 Å². The van der Waals surface area contributed by atoms with Crippen molar-refractivity contribution in [2.45, 2.75) is 6.10 Å². The van der Waals surface area contributed by atoms with Gasteiger partial charge in [-0.25, -0.2) is 0 Å². The van der Waals surface area contributed by atoms with E-state index < -0.39 is 6.10 Å². The molecule has 16 heavy (non-hydrogen) atoms. The first-order valence-corrected chi connectivity index (χ1v) is 5.39. The van der Waals surface area contributed by atoms with Crippen molar-refractivity contribution in [3.63, 3.8) is 0 Å². The summed E-state index contributed by atoms with van der Waals surface area (Å²) >= 11 is 5.48. The lowest BCUT2D eigenvalue weighted by molar-refractivity contribution is 0.248. The van der Waals surface area contributed by atoms with Crippen LogP contribution in [0.15, 0.2) is 24.3 Å². The summed E-state index contributed by atoms with van der Waals surface area (Å²) < 4.78 is 10.3. The van der Waals surface area contributed by atoms with Crippen LogP contribution < -0.4 is 9.47 Å². The van der Waals surface area contributed by atoms with E-state index >= 15 is 0 Å². The molecule has 0 bridgehead atoms. The molecule has 1 atom stereocenters. The molecule has 0 saturated carbocycles. The van der Waals surface area contributed by atoms with E-state index in [1.165, 1.54) is 0 Å². The maximum absolute atomic E-state index is 9.27. The molecule has 3 nitrogen and oxygen atoms in total. The molecule has 0 aliphatic heterocycles. The molecule has 0 aromatic heterocycles. The van der Waals surface area contributed by atoms with Gasteiger partial charge in [-0.3, -0.25) is 0 Å². The zero-order valence-corrected chi connectivity index (χ0v) is 10.1. The minimum atomic E-state index is -0.630. The Balaban J connectivity index is 2.86. The maximum Gasteiger partial charge on any atom is 0.161 e. The van der Waals surface area contributed by atoms with E-state index in [0.717, 1.165) is 5.56 Å². The van der Waals surface area contributed by atoms with Gasteiger partial charge in [0, 0.05) is 0 Å². The molecular weight excluding hydrogens is 228 g/mol. The van der Waals surface area contributed by atoms with Crippen LogP contribution >= 0.6 is 11.6 Å². The fraction of sp³-hybridized carbons (Fsp3) is 0.333. The number of benzene rings is 1. The summed E-state index contributed by atoms with van der Waals surface area (Å²) in [5, 5.41) is 9.27. The monoisotopic (exact) mass is 242 g/mol. The third-order valence-electron chi connectivity index (χ3n) is 2.08. The smallest absolute Gasteiger partial charge is 0.161 e. The summed E-state index contributed by atoms with van der Waals surface area (Å²) in [7, 11) is 3.17. The Labute approximate surface area is 100 Å². The summed E-state index contributed by atoms with van der Waals surface area (Å²) in [6.07, 6.45) is 2.79. The van der Waals surface area contributed by atoms with Crippen LogP contribution in [-0.4, -0.2) is 31.3 Å². The number of hydrogen-bond donors (Lipinski definition) is 1. The number of ether oxygens (including phenoxy) is 2. The van der Waals surface area contributed by atoms with Gasteiger partial charge in [0.05, 0.1) is 26.2 Å². The summed E-state index contributed by atoms with van der Waals surface area (Å²) in [6.45, 7) is 0. The molecule has 0 aliphatic carbocycles. The van der Waals surface area contributed by atoms with Gasteiger partial charge in [0.15, 0.2) is 11.5 Å². The van der Waals surface area contributed by atoms with Crippen LogP contribution in [0.25, 0.3) is 6.08 Å². The van der Waals surface area contributed by atoms with Crippen molar-refractivity contribution in [1.29, 1.82) is 0 Å². The number of aliphatic hydroxyl groups excluding tert-OH is 1. The standard InChI is InChI=1S/C12H15ClO3/c1-15-11-6-4-9(7-12(11)16-2)3-5-10(14)8-13/h3-7,10,14H,8H2,1-2H3/b5-3+/t10-/m1/s1. The number of hydrogen-bond acceptors (Lipinski definition) is 3. The topological polar surface area (TPSA) is 38.7 Å². The second-order valence-electron chi connectivity index (χ2n) is 3.20. The lowest BCUT2D eigenvalue weighted by Crippen LogP contribution is -2.02. The third-order valence-corrected chi connectivity index (χ3v) is 2.39. The van der Waals surface area contributed by atoms with E-state index in [1.807, 2.05) is 18.2 Å². The Morgan fingerprint density at radius 3 is 2.56 bits per heavy atom. The van der Waals surface area contributed by atoms with Crippen LogP contribution in [0.5, 0.6) is 11.5 Å². The van der Waals surface area contributed by atoms with E-state index in [0.29, 0.717) is 11.5 Å². The highest BCUT2D eigenvalue weighted by Crippen LogP contribution is 2.27. The van der Waals surface area contributed by atoms with Crippen molar-refractivity contribution in [3.05, 3.63) is 29.8 Å². The average molecular weight is 243 g/mol. The van der Waals surface area contributed by atoms with Crippen molar-refractivity contribution in [2.24, 2.45) is 0 Å². The maximum atomic E-state index is 9.27. The minimum Gasteiger partial charge on any atom is -0.493 e. The van der Waals surface area contributed by atoms with E-state index in [2.05, 4.69) is 0 Å². The Morgan fingerprint density at radius 1 is 1.31 bits per heavy atom. The highest BCUT2D eigenvalue weighted by molar-refractivity contribution is 6.18. The molecule has 0 aliphatic rings. The number of alkyl halides is 1. The number of rotatable bonds is 5. The predicted octanol–water partition coefficient (Wildman–Crippen LogP) is 2.32. The number of aliphatic hydroxyl groups is 1. The van der Waals surface area contributed by atoms with Crippen LogP contribution in [0.2, 0.25) is 0 Å². The van der Waals surface area contributed by atoms with E-state index in [9.17, 15) is 5.11 Å². The Bertz CT molecular complexity index is 363. The minimum absolute atomic E-state index is 0.184. The Morgan fingerprint density at radius 2 is 2.00 bits per heavy atom. The van der Waals surface area contributed by atoms with E-state index in [4.69, 9.17) is 21.1 Å². The van der Waals surface area contributed by atoms with Gasteiger partial charge in [-0.15, -0.1) is 11.6 Å². The summed E-state index contributed by atoms with van der Waals surface area (Å²) in [6, 6.07) is 5.51. The summed E-state index contributed by atoms with van der Waals surface area (Å²) in [5.74, 6) is 1.52. The molecular formula is C12H15ClO3. The molecule has 1 aromatic carbocycles. The fourth-order valence-corrected chi connectivity index (χ4v) is 1.33. The van der Waals surface area contributed by atoms with Crippen LogP contribution in [0.1, 0.15) is 5.56 Å². The first-order chi connectivity index (χ1) is 7.71. The number of methoxy groups -OCH3 is 2. The van der Waals surface area contributed by atoms with Crippen molar-refractivity contribution in [2.75, 3.05) is 20.1 Å². The van der Waals surface area contributed by atoms with Crippen molar-refractivity contribution in [3.8, 4) is 11.5 Å². The average Bonchev–Trinajstić information content (AvgIpc) is 2.35. The quantitative estimate of drug-likeness (QED) is 0.806. The van der Waals surface area contributed by atoms with Crippen LogP contribution in [0, 0.1) is 0 Å². The lowest BCUT2D eigenvalue weighted by Gasteiger charge is -2.07. The van der Waals surface area contributed by atoms with Gasteiger partial charge in [-0.2, -0.15) is 0 Å². The summed E-state index contributed by atoms with van der Waals surface area (Å²) in [5.41, 5.74) is 0.918. The van der Waals surface area contributed by atoms with Crippen LogP contribution in [0.4, 0.5) is 0 Å². The van der Waals surface area contributed by atoms with Crippen molar-refractivity contribution < 1.29 is 14.6 Å². The molecule has 0 radical (unpaired) electrons. The normalized spacial score (nSPS) is 12.8.